The lowest BCUT2D eigenvalue weighted by Gasteiger charge is -2.06. The number of hydrogen-bond donors (Lipinski definition) is 1. The molecule has 0 radical (unpaired) electrons. The zero-order valence-corrected chi connectivity index (χ0v) is 14.2. The zero-order chi connectivity index (χ0) is 16.4. The van der Waals surface area contributed by atoms with Gasteiger partial charge >= 0.3 is 5.97 Å². The second-order valence-corrected chi connectivity index (χ2v) is 4.37. The average Bonchev–Trinajstić information content (AvgIpc) is 3.01. The van der Waals surface area contributed by atoms with E-state index in [1.165, 1.54) is 11.3 Å². The molecular formula is C16H23NO3S. The van der Waals surface area contributed by atoms with E-state index in [0.717, 1.165) is 16.9 Å². The van der Waals surface area contributed by atoms with Gasteiger partial charge in [-0.2, -0.15) is 0 Å². The number of ether oxygens (including phenoxy) is 1. The third-order valence-electron chi connectivity index (χ3n) is 2.43. The second-order valence-electron chi connectivity index (χ2n) is 3.52. The quantitative estimate of drug-likeness (QED) is 0.878. The van der Waals surface area contributed by atoms with E-state index in [2.05, 4.69) is 4.98 Å². The maximum absolute atomic E-state index is 11.0. The molecule has 1 N–H and O–H groups in total. The molecule has 0 amide bonds. The molecule has 0 spiro atoms. The van der Waals surface area contributed by atoms with Crippen LogP contribution in [-0.2, 0) is 0 Å². The molecule has 4 nitrogen and oxygen atoms in total. The number of carboxylic acid groups (broad SMARTS) is 1. The van der Waals surface area contributed by atoms with Gasteiger partial charge in [0.1, 0.15) is 5.75 Å². The minimum absolute atomic E-state index is 0.0968. The normalized spacial score (nSPS) is 8.86. The second kappa shape index (κ2) is 9.94. The first-order chi connectivity index (χ1) is 10.1. The highest BCUT2D eigenvalue weighted by atomic mass is 32.1. The van der Waals surface area contributed by atoms with Gasteiger partial charge in [-0.05, 0) is 36.2 Å². The van der Waals surface area contributed by atoms with Gasteiger partial charge in [0.2, 0.25) is 0 Å². The van der Waals surface area contributed by atoms with Gasteiger partial charge in [0, 0.05) is 0 Å². The number of carboxylic acids is 1. The Labute approximate surface area is 130 Å². The van der Waals surface area contributed by atoms with E-state index in [0.29, 0.717) is 4.88 Å². The topological polar surface area (TPSA) is 59.4 Å². The van der Waals surface area contributed by atoms with Crippen molar-refractivity contribution in [2.75, 3.05) is 7.11 Å². The fourth-order valence-corrected chi connectivity index (χ4v) is 2.40. The number of aromatic carboxylic acids is 1. The van der Waals surface area contributed by atoms with Gasteiger partial charge in [-0.25, -0.2) is 9.78 Å². The Balaban J connectivity index is 0.000000921. The summed E-state index contributed by atoms with van der Waals surface area (Å²) in [5.41, 5.74) is 3.45. The van der Waals surface area contributed by atoms with Gasteiger partial charge in [0.25, 0.3) is 0 Å². The fourth-order valence-electron chi connectivity index (χ4n) is 1.62. The number of aromatic nitrogens is 1. The van der Waals surface area contributed by atoms with Crippen molar-refractivity contribution in [2.45, 2.75) is 34.6 Å². The van der Waals surface area contributed by atoms with Crippen molar-refractivity contribution in [1.29, 1.82) is 0 Å². The summed E-state index contributed by atoms with van der Waals surface area (Å²) in [4.78, 5) is 15.5. The third kappa shape index (κ3) is 4.86. The molecule has 0 aliphatic rings. The molecule has 0 saturated carbocycles. The summed E-state index contributed by atoms with van der Waals surface area (Å²) in [6.45, 7) is 9.92. The van der Waals surface area contributed by atoms with Crippen LogP contribution >= 0.6 is 11.3 Å². The Kier molecular flexibility index (Phi) is 9.05. The minimum atomic E-state index is -1.00. The first-order valence-electron chi connectivity index (χ1n) is 6.95. The molecule has 0 bridgehead atoms. The smallest absolute Gasteiger partial charge is 0.356 e. The van der Waals surface area contributed by atoms with Crippen LogP contribution in [0.1, 0.15) is 43.7 Å². The van der Waals surface area contributed by atoms with Crippen molar-refractivity contribution < 1.29 is 14.6 Å². The monoisotopic (exact) mass is 309 g/mol. The molecule has 0 saturated heterocycles. The summed E-state index contributed by atoms with van der Waals surface area (Å²) < 4.78 is 5.17. The molecule has 1 aromatic carbocycles. The summed E-state index contributed by atoms with van der Waals surface area (Å²) in [6, 6.07) is 5.57. The number of aryl methyl sites for hydroxylation is 1. The molecule has 0 aliphatic heterocycles. The lowest BCUT2D eigenvalue weighted by molar-refractivity contribution is 0.0692. The highest BCUT2D eigenvalue weighted by Gasteiger charge is 2.15. The van der Waals surface area contributed by atoms with Gasteiger partial charge in [0.05, 0.1) is 17.5 Å². The standard InChI is InChI=1S/C12H11NO3S.2C2H6/c1-7-5-8(3-4-9(7)16-2)11-10(12(14)15)13-6-17-11;2*1-2/h3-6H,1-2H3,(H,14,15);2*1-2H3. The van der Waals surface area contributed by atoms with Crippen LogP contribution < -0.4 is 4.74 Å². The number of thiazole rings is 1. The van der Waals surface area contributed by atoms with Gasteiger partial charge in [-0.1, -0.05) is 27.7 Å². The van der Waals surface area contributed by atoms with Crippen LogP contribution in [0, 0.1) is 6.92 Å². The van der Waals surface area contributed by atoms with Crippen molar-refractivity contribution in [3.05, 3.63) is 35.0 Å². The maximum Gasteiger partial charge on any atom is 0.356 e. The first kappa shape index (κ1) is 19.1. The molecule has 116 valence electrons. The Morgan fingerprint density at radius 1 is 1.24 bits per heavy atom. The van der Waals surface area contributed by atoms with Crippen LogP contribution in [0.4, 0.5) is 0 Å². The van der Waals surface area contributed by atoms with E-state index < -0.39 is 5.97 Å². The van der Waals surface area contributed by atoms with E-state index in [-0.39, 0.29) is 5.69 Å². The fraction of sp³-hybridized carbons (Fsp3) is 0.375. The lowest BCUT2D eigenvalue weighted by atomic mass is 10.1. The Hall–Kier alpha value is -1.88. The zero-order valence-electron chi connectivity index (χ0n) is 13.4. The molecule has 1 aromatic heterocycles. The van der Waals surface area contributed by atoms with Gasteiger partial charge in [-0.15, -0.1) is 11.3 Å². The molecule has 0 unspecified atom stereocenters. The lowest BCUT2D eigenvalue weighted by Crippen LogP contribution is -1.98. The average molecular weight is 309 g/mol. The summed E-state index contributed by atoms with van der Waals surface area (Å²) in [5.74, 6) is -0.218. The number of carbonyl (C=O) groups is 1. The molecule has 2 rings (SSSR count). The Morgan fingerprint density at radius 2 is 1.86 bits per heavy atom. The number of rotatable bonds is 3. The van der Waals surface area contributed by atoms with Crippen LogP contribution in [0.5, 0.6) is 5.75 Å². The highest BCUT2D eigenvalue weighted by molar-refractivity contribution is 7.13. The van der Waals surface area contributed by atoms with Crippen molar-refractivity contribution >= 4 is 17.3 Å². The van der Waals surface area contributed by atoms with Crippen molar-refractivity contribution in [1.82, 2.24) is 4.98 Å². The number of nitrogens with zero attached hydrogens (tertiary/aromatic N) is 1. The van der Waals surface area contributed by atoms with Crippen LogP contribution in [0.2, 0.25) is 0 Å². The molecular weight excluding hydrogens is 286 g/mol. The first-order valence-corrected chi connectivity index (χ1v) is 7.83. The summed E-state index contributed by atoms with van der Waals surface area (Å²) in [6.07, 6.45) is 0. The van der Waals surface area contributed by atoms with E-state index in [4.69, 9.17) is 9.84 Å². The SMILES string of the molecule is CC.CC.COc1ccc(-c2scnc2C(=O)O)cc1C. The number of benzene rings is 1. The highest BCUT2D eigenvalue weighted by Crippen LogP contribution is 2.31. The maximum atomic E-state index is 11.0. The van der Waals surface area contributed by atoms with E-state index in [1.54, 1.807) is 12.6 Å². The van der Waals surface area contributed by atoms with Crippen molar-refractivity contribution in [2.24, 2.45) is 0 Å². The molecule has 5 heteroatoms. The largest absolute Gasteiger partial charge is 0.496 e. The molecule has 0 atom stereocenters. The minimum Gasteiger partial charge on any atom is -0.496 e. The number of hydrogen-bond acceptors (Lipinski definition) is 4. The van der Waals surface area contributed by atoms with E-state index >= 15 is 0 Å². The van der Waals surface area contributed by atoms with E-state index in [1.807, 2.05) is 52.8 Å². The van der Waals surface area contributed by atoms with Crippen LogP contribution in [0.3, 0.4) is 0 Å². The Morgan fingerprint density at radius 3 is 2.33 bits per heavy atom. The molecule has 2 aromatic rings. The summed E-state index contributed by atoms with van der Waals surface area (Å²) in [5, 5.41) is 9.01. The van der Waals surface area contributed by atoms with Gasteiger partial charge < -0.3 is 9.84 Å². The molecule has 21 heavy (non-hydrogen) atoms. The van der Waals surface area contributed by atoms with Crippen LogP contribution in [0.25, 0.3) is 10.4 Å². The van der Waals surface area contributed by atoms with Crippen molar-refractivity contribution in [3.63, 3.8) is 0 Å². The third-order valence-corrected chi connectivity index (χ3v) is 3.30. The predicted octanol–water partition coefficient (Wildman–Crippen LogP) is 4.88. The van der Waals surface area contributed by atoms with Crippen LogP contribution in [-0.4, -0.2) is 23.2 Å². The van der Waals surface area contributed by atoms with Crippen molar-refractivity contribution in [3.8, 4) is 16.2 Å². The predicted molar refractivity (Wildman–Crippen MR) is 88.5 cm³/mol. The van der Waals surface area contributed by atoms with Gasteiger partial charge in [0.15, 0.2) is 5.69 Å². The Bertz CT molecular complexity index is 564. The summed E-state index contributed by atoms with van der Waals surface area (Å²) >= 11 is 1.32. The van der Waals surface area contributed by atoms with E-state index in [9.17, 15) is 4.79 Å². The van der Waals surface area contributed by atoms with Crippen LogP contribution in [0.15, 0.2) is 23.7 Å². The van der Waals surface area contributed by atoms with Gasteiger partial charge in [-0.3, -0.25) is 0 Å². The number of methoxy groups -OCH3 is 1. The molecule has 1 heterocycles. The summed E-state index contributed by atoms with van der Waals surface area (Å²) in [7, 11) is 1.61. The molecule has 0 fully saturated rings. The molecule has 0 aliphatic carbocycles.